The maximum absolute atomic E-state index is 12.1. The van der Waals surface area contributed by atoms with Crippen LogP contribution in [0.4, 0.5) is 5.13 Å². The van der Waals surface area contributed by atoms with Crippen LogP contribution >= 0.6 is 11.3 Å². The highest BCUT2D eigenvalue weighted by molar-refractivity contribution is 7.15. The second kappa shape index (κ2) is 5.52. The number of rotatable bonds is 3. The van der Waals surface area contributed by atoms with Crippen molar-refractivity contribution in [3.05, 3.63) is 5.01 Å². The fourth-order valence-electron chi connectivity index (χ4n) is 2.08. The number of aryl methyl sites for hydroxylation is 1. The summed E-state index contributed by atoms with van der Waals surface area (Å²) in [6.45, 7) is 2.69. The van der Waals surface area contributed by atoms with Gasteiger partial charge in [0, 0.05) is 32.5 Å². The van der Waals surface area contributed by atoms with Crippen LogP contribution in [0.2, 0.25) is 0 Å². The van der Waals surface area contributed by atoms with E-state index in [0.29, 0.717) is 24.5 Å². The number of carbonyl (C=O) groups is 2. The summed E-state index contributed by atoms with van der Waals surface area (Å²) in [5.74, 6) is -0.0469. The molecule has 0 aromatic carbocycles. The minimum absolute atomic E-state index is 0.0217. The average Bonchev–Trinajstić information content (AvgIpc) is 2.77. The Hall–Kier alpha value is -1.70. The Labute approximate surface area is 115 Å². The molecule has 2 N–H and O–H groups in total. The van der Waals surface area contributed by atoms with Crippen molar-refractivity contribution in [3.8, 4) is 0 Å². The van der Waals surface area contributed by atoms with Gasteiger partial charge in [0.15, 0.2) is 0 Å². The summed E-state index contributed by atoms with van der Waals surface area (Å²) in [7, 11) is 1.75. The fraction of sp³-hybridized carbons (Fsp3) is 0.636. The largest absolute Gasteiger partial charge is 0.374 e. The quantitative estimate of drug-likeness (QED) is 0.825. The maximum Gasteiger partial charge on any atom is 0.242 e. The summed E-state index contributed by atoms with van der Waals surface area (Å²) in [6.07, 6.45) is 0.844. The Morgan fingerprint density at radius 1 is 1.53 bits per heavy atom. The van der Waals surface area contributed by atoms with Gasteiger partial charge in [-0.15, -0.1) is 10.2 Å². The number of likely N-dealkylation sites (N-methyl/N-ethyl adjacent to an activating group) is 1. The van der Waals surface area contributed by atoms with Crippen LogP contribution in [0.3, 0.4) is 0 Å². The molecule has 0 saturated carbocycles. The molecular weight excluding hydrogens is 266 g/mol. The first kappa shape index (κ1) is 13.7. The summed E-state index contributed by atoms with van der Waals surface area (Å²) >= 11 is 1.29. The van der Waals surface area contributed by atoms with Crippen molar-refractivity contribution in [1.82, 2.24) is 20.0 Å². The summed E-state index contributed by atoms with van der Waals surface area (Å²) in [6, 6.07) is 0.0506. The van der Waals surface area contributed by atoms with Gasteiger partial charge < -0.3 is 15.5 Å². The maximum atomic E-state index is 12.1. The molecule has 0 spiro atoms. The first-order chi connectivity index (χ1) is 8.97. The van der Waals surface area contributed by atoms with Crippen molar-refractivity contribution in [2.45, 2.75) is 25.8 Å². The molecule has 1 atom stereocenters. The topological polar surface area (TPSA) is 92.4 Å². The smallest absolute Gasteiger partial charge is 0.242 e. The lowest BCUT2D eigenvalue weighted by atomic mass is 10.1. The molecule has 1 aliphatic heterocycles. The van der Waals surface area contributed by atoms with E-state index in [1.54, 1.807) is 16.8 Å². The number of aromatic nitrogens is 2. The van der Waals surface area contributed by atoms with E-state index in [4.69, 9.17) is 5.73 Å². The Balaban J connectivity index is 1.90. The molecule has 2 amide bonds. The lowest BCUT2D eigenvalue weighted by Gasteiger charge is -2.37. The van der Waals surface area contributed by atoms with Gasteiger partial charge in [0.05, 0.1) is 0 Å². The summed E-state index contributed by atoms with van der Waals surface area (Å²) in [5, 5.41) is 8.74. The highest BCUT2D eigenvalue weighted by Crippen LogP contribution is 2.15. The number of hydrogen-bond acceptors (Lipinski definition) is 6. The molecule has 19 heavy (non-hydrogen) atoms. The Bertz CT molecular complexity index is 489. The van der Waals surface area contributed by atoms with Crippen molar-refractivity contribution < 1.29 is 9.59 Å². The van der Waals surface area contributed by atoms with Gasteiger partial charge in [0.25, 0.3) is 0 Å². The standard InChI is InChI=1S/C11H17N5O2S/c1-7-5-15(2)10(18)6-16(7)9(17)4-3-8-13-14-11(12)19-8/h7H,3-6H2,1-2H3,(H2,12,14). The molecule has 1 aromatic heterocycles. The first-order valence-electron chi connectivity index (χ1n) is 6.08. The number of nitrogens with two attached hydrogens (primary N) is 1. The molecule has 1 fully saturated rings. The molecule has 2 rings (SSSR count). The zero-order valence-electron chi connectivity index (χ0n) is 11.0. The molecule has 7 nitrogen and oxygen atoms in total. The van der Waals surface area contributed by atoms with Crippen molar-refractivity contribution in [1.29, 1.82) is 0 Å². The van der Waals surface area contributed by atoms with Crippen molar-refractivity contribution in [2.24, 2.45) is 0 Å². The molecule has 1 aliphatic rings. The zero-order chi connectivity index (χ0) is 14.0. The summed E-state index contributed by atoms with van der Waals surface area (Å²) in [4.78, 5) is 27.0. The average molecular weight is 283 g/mol. The number of amides is 2. The molecule has 1 saturated heterocycles. The highest BCUT2D eigenvalue weighted by atomic mass is 32.1. The molecule has 0 aliphatic carbocycles. The number of piperazine rings is 1. The highest BCUT2D eigenvalue weighted by Gasteiger charge is 2.30. The minimum atomic E-state index is -0.0253. The monoisotopic (exact) mass is 283 g/mol. The van der Waals surface area contributed by atoms with Crippen LogP contribution in [0.25, 0.3) is 0 Å². The predicted octanol–water partition coefficient (Wildman–Crippen LogP) is -0.258. The van der Waals surface area contributed by atoms with Gasteiger partial charge in [0.1, 0.15) is 11.6 Å². The van der Waals surface area contributed by atoms with Crippen molar-refractivity contribution >= 4 is 28.3 Å². The summed E-state index contributed by atoms with van der Waals surface area (Å²) < 4.78 is 0. The van der Waals surface area contributed by atoms with Crippen LogP contribution < -0.4 is 5.73 Å². The van der Waals surface area contributed by atoms with Gasteiger partial charge in [-0.3, -0.25) is 9.59 Å². The van der Waals surface area contributed by atoms with E-state index in [0.717, 1.165) is 5.01 Å². The van der Waals surface area contributed by atoms with Crippen molar-refractivity contribution in [2.75, 3.05) is 25.9 Å². The molecule has 104 valence electrons. The van der Waals surface area contributed by atoms with E-state index in [1.165, 1.54) is 11.3 Å². The Kier molecular flexibility index (Phi) is 3.98. The minimum Gasteiger partial charge on any atom is -0.374 e. The second-order valence-corrected chi connectivity index (χ2v) is 5.77. The molecule has 0 radical (unpaired) electrons. The van der Waals surface area contributed by atoms with E-state index in [2.05, 4.69) is 10.2 Å². The van der Waals surface area contributed by atoms with E-state index in [-0.39, 0.29) is 24.4 Å². The second-order valence-electron chi connectivity index (χ2n) is 4.68. The number of hydrogen-bond donors (Lipinski definition) is 1. The molecule has 0 bridgehead atoms. The van der Waals surface area contributed by atoms with Crippen LogP contribution in [0, 0.1) is 0 Å². The van der Waals surface area contributed by atoms with Gasteiger partial charge >= 0.3 is 0 Å². The van der Waals surface area contributed by atoms with E-state index in [1.807, 2.05) is 6.92 Å². The molecule has 1 unspecified atom stereocenters. The molecular formula is C11H17N5O2S. The SMILES string of the molecule is CC1CN(C)C(=O)CN1C(=O)CCc1nnc(N)s1. The lowest BCUT2D eigenvalue weighted by Crippen LogP contribution is -2.55. The van der Waals surface area contributed by atoms with Crippen LogP contribution in [0.1, 0.15) is 18.4 Å². The fourth-order valence-corrected chi connectivity index (χ4v) is 2.69. The van der Waals surface area contributed by atoms with E-state index in [9.17, 15) is 9.59 Å². The van der Waals surface area contributed by atoms with E-state index < -0.39 is 0 Å². The van der Waals surface area contributed by atoms with Gasteiger partial charge in [-0.25, -0.2) is 0 Å². The number of carbonyl (C=O) groups excluding carboxylic acids is 2. The normalized spacial score (nSPS) is 19.9. The zero-order valence-corrected chi connectivity index (χ0v) is 11.8. The van der Waals surface area contributed by atoms with Crippen LogP contribution in [-0.4, -0.2) is 58.0 Å². The van der Waals surface area contributed by atoms with Gasteiger partial charge in [-0.2, -0.15) is 0 Å². The molecule has 2 heterocycles. The predicted molar refractivity (Wildman–Crippen MR) is 71.5 cm³/mol. The van der Waals surface area contributed by atoms with E-state index >= 15 is 0 Å². The van der Waals surface area contributed by atoms with Crippen LogP contribution in [-0.2, 0) is 16.0 Å². The third-order valence-electron chi connectivity index (χ3n) is 3.16. The Morgan fingerprint density at radius 3 is 2.89 bits per heavy atom. The third-order valence-corrected chi connectivity index (χ3v) is 3.97. The van der Waals surface area contributed by atoms with Gasteiger partial charge in [0.2, 0.25) is 16.9 Å². The van der Waals surface area contributed by atoms with Crippen LogP contribution in [0.15, 0.2) is 0 Å². The molecule has 8 heteroatoms. The van der Waals surface area contributed by atoms with Crippen LogP contribution in [0.5, 0.6) is 0 Å². The lowest BCUT2D eigenvalue weighted by molar-refractivity contribution is -0.147. The summed E-state index contributed by atoms with van der Waals surface area (Å²) in [5.41, 5.74) is 5.48. The number of anilines is 1. The van der Waals surface area contributed by atoms with Crippen molar-refractivity contribution in [3.63, 3.8) is 0 Å². The molecule has 1 aromatic rings. The number of nitrogen functional groups attached to an aromatic ring is 1. The number of nitrogens with zero attached hydrogens (tertiary/aromatic N) is 4. The first-order valence-corrected chi connectivity index (χ1v) is 6.90. The van der Waals surface area contributed by atoms with Gasteiger partial charge in [-0.05, 0) is 6.92 Å². The third kappa shape index (κ3) is 3.19. The van der Waals surface area contributed by atoms with Gasteiger partial charge in [-0.1, -0.05) is 11.3 Å². The Morgan fingerprint density at radius 2 is 2.26 bits per heavy atom.